The van der Waals surface area contributed by atoms with Crippen LogP contribution in [0.4, 0.5) is 4.39 Å². The molecule has 0 spiro atoms. The number of rotatable bonds is 5. The summed E-state index contributed by atoms with van der Waals surface area (Å²) in [5, 5.41) is 9.42. The maximum atomic E-state index is 13.9. The second-order valence-electron chi connectivity index (χ2n) is 8.74. The van der Waals surface area contributed by atoms with E-state index in [0.29, 0.717) is 43.0 Å². The molecule has 1 atom stereocenters. The van der Waals surface area contributed by atoms with Gasteiger partial charge in [0.2, 0.25) is 0 Å². The van der Waals surface area contributed by atoms with E-state index in [1.165, 1.54) is 6.07 Å². The lowest BCUT2D eigenvalue weighted by Crippen LogP contribution is -2.39. The Morgan fingerprint density at radius 3 is 2.71 bits per heavy atom. The topological polar surface area (TPSA) is 59.0 Å². The Balaban J connectivity index is 1.55. The molecule has 1 N–H and O–H groups in total. The highest BCUT2D eigenvalue weighted by Crippen LogP contribution is 2.44. The standard InChI is InChI=1S/C24H27ClFNO4/c1-24(12-16-3-4-19(25)20(26)9-16)13-18-10-17(11-21(30-2)22(18)31-24)23(29)27-7-5-15(14-28)6-8-27/h3-4,9-11,15,28H,5-8,12-14H2,1-2H3. The Morgan fingerprint density at radius 1 is 1.32 bits per heavy atom. The zero-order chi connectivity index (χ0) is 22.2. The molecule has 1 unspecified atom stereocenters. The van der Waals surface area contributed by atoms with Crippen LogP contribution in [0.5, 0.6) is 11.5 Å². The van der Waals surface area contributed by atoms with Crippen LogP contribution in [0.25, 0.3) is 0 Å². The van der Waals surface area contributed by atoms with Crippen LogP contribution in [0, 0.1) is 11.7 Å². The van der Waals surface area contributed by atoms with Crippen molar-refractivity contribution in [2.75, 3.05) is 26.8 Å². The summed E-state index contributed by atoms with van der Waals surface area (Å²) in [6, 6.07) is 8.39. The van der Waals surface area contributed by atoms with E-state index in [4.69, 9.17) is 21.1 Å². The number of likely N-dealkylation sites (tertiary alicyclic amines) is 1. The van der Waals surface area contributed by atoms with E-state index in [-0.39, 0.29) is 23.5 Å². The molecule has 2 heterocycles. The van der Waals surface area contributed by atoms with E-state index in [2.05, 4.69) is 0 Å². The van der Waals surface area contributed by atoms with Gasteiger partial charge in [0.15, 0.2) is 11.5 Å². The lowest BCUT2D eigenvalue weighted by Gasteiger charge is -2.31. The highest BCUT2D eigenvalue weighted by molar-refractivity contribution is 6.30. The van der Waals surface area contributed by atoms with E-state index >= 15 is 0 Å². The first kappa shape index (κ1) is 21.9. The minimum absolute atomic E-state index is 0.0362. The van der Waals surface area contributed by atoms with Crippen molar-refractivity contribution < 1.29 is 23.8 Å². The van der Waals surface area contributed by atoms with Gasteiger partial charge in [-0.05, 0) is 55.5 Å². The van der Waals surface area contributed by atoms with Crippen LogP contribution in [0.1, 0.15) is 41.3 Å². The highest BCUT2D eigenvalue weighted by Gasteiger charge is 2.38. The molecule has 31 heavy (non-hydrogen) atoms. The Hall–Kier alpha value is -2.31. The van der Waals surface area contributed by atoms with Gasteiger partial charge in [0.05, 0.1) is 12.1 Å². The lowest BCUT2D eigenvalue weighted by atomic mass is 9.91. The average molecular weight is 448 g/mol. The Bertz CT molecular complexity index is 990. The summed E-state index contributed by atoms with van der Waals surface area (Å²) in [4.78, 5) is 14.9. The fraction of sp³-hybridized carbons (Fsp3) is 0.458. The first-order chi connectivity index (χ1) is 14.8. The van der Waals surface area contributed by atoms with E-state index in [1.54, 1.807) is 25.3 Å². The van der Waals surface area contributed by atoms with Crippen molar-refractivity contribution in [1.29, 1.82) is 0 Å². The number of carbonyl (C=O) groups excluding carboxylic acids is 1. The first-order valence-electron chi connectivity index (χ1n) is 10.6. The number of hydrogen-bond acceptors (Lipinski definition) is 4. The Morgan fingerprint density at radius 2 is 2.06 bits per heavy atom. The van der Waals surface area contributed by atoms with Crippen LogP contribution in [0.3, 0.4) is 0 Å². The van der Waals surface area contributed by atoms with Crippen molar-refractivity contribution in [2.45, 2.75) is 38.2 Å². The van der Waals surface area contributed by atoms with Crippen LogP contribution < -0.4 is 9.47 Å². The number of fused-ring (bicyclic) bond motifs is 1. The molecular weight excluding hydrogens is 421 g/mol. The summed E-state index contributed by atoms with van der Waals surface area (Å²) in [7, 11) is 1.56. The normalized spacial score (nSPS) is 21.0. The lowest BCUT2D eigenvalue weighted by molar-refractivity contribution is 0.0650. The van der Waals surface area contributed by atoms with E-state index in [1.807, 2.05) is 17.9 Å². The van der Waals surface area contributed by atoms with Gasteiger partial charge in [0.25, 0.3) is 5.91 Å². The number of nitrogens with zero attached hydrogens (tertiary/aromatic N) is 1. The number of halogens is 2. The van der Waals surface area contributed by atoms with E-state index in [0.717, 1.165) is 24.0 Å². The van der Waals surface area contributed by atoms with E-state index in [9.17, 15) is 14.3 Å². The number of hydrogen-bond donors (Lipinski definition) is 1. The number of ether oxygens (including phenoxy) is 2. The minimum Gasteiger partial charge on any atom is -0.493 e. The van der Waals surface area contributed by atoms with Gasteiger partial charge < -0.3 is 19.5 Å². The smallest absolute Gasteiger partial charge is 0.254 e. The molecule has 0 aromatic heterocycles. The average Bonchev–Trinajstić information content (AvgIpc) is 3.10. The van der Waals surface area contributed by atoms with E-state index < -0.39 is 11.4 Å². The van der Waals surface area contributed by atoms with Crippen molar-refractivity contribution in [1.82, 2.24) is 4.90 Å². The maximum Gasteiger partial charge on any atom is 0.254 e. The minimum atomic E-state index is -0.586. The monoisotopic (exact) mass is 447 g/mol. The summed E-state index contributed by atoms with van der Waals surface area (Å²) >= 11 is 5.80. The third kappa shape index (κ3) is 4.51. The van der Waals surface area contributed by atoms with Gasteiger partial charge in [-0.2, -0.15) is 0 Å². The molecule has 0 aliphatic carbocycles. The second kappa shape index (κ2) is 8.67. The quantitative estimate of drug-likeness (QED) is 0.743. The number of aliphatic hydroxyl groups excluding tert-OH is 1. The molecule has 1 saturated heterocycles. The predicted molar refractivity (Wildman–Crippen MR) is 117 cm³/mol. The van der Waals surface area contributed by atoms with Crippen LogP contribution in [-0.4, -0.2) is 48.3 Å². The van der Waals surface area contributed by atoms with Crippen molar-refractivity contribution in [3.63, 3.8) is 0 Å². The second-order valence-corrected chi connectivity index (χ2v) is 9.15. The van der Waals surface area contributed by atoms with Gasteiger partial charge in [0.1, 0.15) is 11.4 Å². The number of benzene rings is 2. The zero-order valence-electron chi connectivity index (χ0n) is 17.8. The van der Waals surface area contributed by atoms with Crippen molar-refractivity contribution in [3.8, 4) is 11.5 Å². The zero-order valence-corrected chi connectivity index (χ0v) is 18.5. The predicted octanol–water partition coefficient (Wildman–Crippen LogP) is 4.27. The molecule has 2 aliphatic rings. The highest BCUT2D eigenvalue weighted by atomic mass is 35.5. The number of methoxy groups -OCH3 is 1. The maximum absolute atomic E-state index is 13.9. The molecule has 0 bridgehead atoms. The van der Waals surface area contributed by atoms with Crippen molar-refractivity contribution in [3.05, 3.63) is 57.9 Å². The number of carbonyl (C=O) groups is 1. The summed E-state index contributed by atoms with van der Waals surface area (Å²) in [5.74, 6) is 0.942. The summed E-state index contributed by atoms with van der Waals surface area (Å²) in [6.45, 7) is 3.42. The number of amides is 1. The third-order valence-electron chi connectivity index (χ3n) is 6.23. The SMILES string of the molecule is COc1cc(C(=O)N2CCC(CO)CC2)cc2c1OC(C)(Cc1ccc(Cl)c(F)c1)C2. The molecule has 0 radical (unpaired) electrons. The van der Waals surface area contributed by atoms with Crippen molar-refractivity contribution >= 4 is 17.5 Å². The molecule has 1 amide bonds. The largest absolute Gasteiger partial charge is 0.493 e. The van der Waals surface area contributed by atoms with Gasteiger partial charge in [-0.25, -0.2) is 4.39 Å². The molecule has 5 nitrogen and oxygen atoms in total. The van der Waals surface area contributed by atoms with Gasteiger partial charge in [-0.3, -0.25) is 4.79 Å². The van der Waals surface area contributed by atoms with Crippen LogP contribution >= 0.6 is 11.6 Å². The van der Waals surface area contributed by atoms with Crippen LogP contribution in [0.2, 0.25) is 5.02 Å². The van der Waals surface area contributed by atoms with Crippen LogP contribution in [0.15, 0.2) is 30.3 Å². The fourth-order valence-corrected chi connectivity index (χ4v) is 4.67. The van der Waals surface area contributed by atoms with Gasteiger partial charge >= 0.3 is 0 Å². The molecule has 166 valence electrons. The molecule has 0 saturated carbocycles. The summed E-state index contributed by atoms with van der Waals surface area (Å²) < 4.78 is 25.7. The van der Waals surface area contributed by atoms with Gasteiger partial charge in [-0.1, -0.05) is 17.7 Å². The molecule has 4 rings (SSSR count). The van der Waals surface area contributed by atoms with Gasteiger partial charge in [-0.15, -0.1) is 0 Å². The molecule has 2 aromatic carbocycles. The molecular formula is C24H27ClFNO4. The fourth-order valence-electron chi connectivity index (χ4n) is 4.55. The number of aliphatic hydroxyl groups is 1. The molecule has 1 fully saturated rings. The van der Waals surface area contributed by atoms with Crippen molar-refractivity contribution in [2.24, 2.45) is 5.92 Å². The summed E-state index contributed by atoms with van der Waals surface area (Å²) in [6.07, 6.45) is 2.69. The third-order valence-corrected chi connectivity index (χ3v) is 6.54. The van der Waals surface area contributed by atoms with Crippen LogP contribution in [-0.2, 0) is 12.8 Å². The molecule has 2 aliphatic heterocycles. The molecule has 2 aromatic rings. The Labute approximate surface area is 186 Å². The summed E-state index contributed by atoms with van der Waals surface area (Å²) in [5.41, 5.74) is 1.68. The Kier molecular flexibility index (Phi) is 6.13. The molecule has 7 heteroatoms. The number of piperidine rings is 1. The van der Waals surface area contributed by atoms with Gasteiger partial charge in [0, 0.05) is 43.7 Å². The first-order valence-corrected chi connectivity index (χ1v) is 10.9.